The number of rotatable bonds is 6. The van der Waals surface area contributed by atoms with E-state index in [2.05, 4.69) is 34.0 Å². The molecule has 0 amide bonds. The Hall–Kier alpha value is -0.770. The van der Waals surface area contributed by atoms with Gasteiger partial charge in [-0.25, -0.2) is 0 Å². The predicted octanol–water partition coefficient (Wildman–Crippen LogP) is 2.03. The lowest BCUT2D eigenvalue weighted by Crippen LogP contribution is -2.53. The molecule has 0 radical (unpaired) electrons. The van der Waals surface area contributed by atoms with Gasteiger partial charge in [0.05, 0.1) is 0 Å². The molecule has 2 aliphatic rings. The van der Waals surface area contributed by atoms with Gasteiger partial charge in [-0.1, -0.05) is 26.7 Å². The van der Waals surface area contributed by atoms with Crippen LogP contribution in [0.15, 0.2) is 4.99 Å². The van der Waals surface area contributed by atoms with Crippen LogP contribution in [-0.4, -0.2) is 62.1 Å². The van der Waals surface area contributed by atoms with Crippen LogP contribution < -0.4 is 5.32 Å². The molecule has 4 nitrogen and oxygen atoms in total. The number of hydrogen-bond donors (Lipinski definition) is 1. The van der Waals surface area contributed by atoms with Crippen molar-refractivity contribution in [1.82, 2.24) is 15.1 Å². The monoisotopic (exact) mass is 280 g/mol. The molecule has 20 heavy (non-hydrogen) atoms. The summed E-state index contributed by atoms with van der Waals surface area (Å²) in [7, 11) is 1.91. The van der Waals surface area contributed by atoms with Gasteiger partial charge < -0.3 is 10.2 Å². The Morgan fingerprint density at radius 2 is 1.90 bits per heavy atom. The fraction of sp³-hybridized carbons (Fsp3) is 0.938. The smallest absolute Gasteiger partial charge is 0.193 e. The second-order valence-electron chi connectivity index (χ2n) is 6.74. The van der Waals surface area contributed by atoms with E-state index in [1.807, 2.05) is 7.05 Å². The Kier molecular flexibility index (Phi) is 6.14. The lowest BCUT2D eigenvalue weighted by Gasteiger charge is -2.37. The normalized spacial score (nSPS) is 21.6. The van der Waals surface area contributed by atoms with Gasteiger partial charge in [-0.05, 0) is 24.7 Å². The molecule has 1 saturated heterocycles. The number of aliphatic imine (C=N–C) groups is 1. The largest absolute Gasteiger partial charge is 0.356 e. The molecule has 2 rings (SSSR count). The van der Waals surface area contributed by atoms with Gasteiger partial charge >= 0.3 is 0 Å². The summed E-state index contributed by atoms with van der Waals surface area (Å²) in [6.45, 7) is 11.4. The average molecular weight is 280 g/mol. The van der Waals surface area contributed by atoms with Gasteiger partial charge in [0, 0.05) is 46.3 Å². The predicted molar refractivity (Wildman–Crippen MR) is 86.2 cm³/mol. The summed E-state index contributed by atoms with van der Waals surface area (Å²) in [5.41, 5.74) is 0. The van der Waals surface area contributed by atoms with Gasteiger partial charge in [-0.2, -0.15) is 0 Å². The molecule has 1 aliphatic heterocycles. The van der Waals surface area contributed by atoms with Crippen molar-refractivity contribution in [3.8, 4) is 0 Å². The average Bonchev–Trinajstić information content (AvgIpc) is 3.24. The highest BCUT2D eigenvalue weighted by atomic mass is 15.3. The standard InChI is InChI=1S/C16H32N4/c1-14(2)13-19-9-11-20(12-10-19)16(17-3)18-8-4-5-15-6-7-15/h14-15H,4-13H2,1-3H3,(H,17,18). The molecule has 1 heterocycles. The fourth-order valence-corrected chi connectivity index (χ4v) is 2.99. The number of hydrogen-bond acceptors (Lipinski definition) is 2. The Balaban J connectivity index is 1.64. The third kappa shape index (κ3) is 5.31. The molecule has 0 spiro atoms. The molecule has 1 aliphatic carbocycles. The van der Waals surface area contributed by atoms with Crippen molar-refractivity contribution >= 4 is 5.96 Å². The van der Waals surface area contributed by atoms with E-state index in [0.29, 0.717) is 0 Å². The zero-order valence-corrected chi connectivity index (χ0v) is 13.6. The Morgan fingerprint density at radius 1 is 1.20 bits per heavy atom. The summed E-state index contributed by atoms with van der Waals surface area (Å²) in [5, 5.41) is 3.54. The minimum Gasteiger partial charge on any atom is -0.356 e. The maximum absolute atomic E-state index is 4.44. The molecule has 2 fully saturated rings. The first kappa shape index (κ1) is 15.6. The van der Waals surface area contributed by atoms with Gasteiger partial charge in [0.1, 0.15) is 0 Å². The maximum Gasteiger partial charge on any atom is 0.193 e. The first-order valence-electron chi connectivity index (χ1n) is 8.37. The lowest BCUT2D eigenvalue weighted by molar-refractivity contribution is 0.164. The van der Waals surface area contributed by atoms with E-state index in [9.17, 15) is 0 Å². The van der Waals surface area contributed by atoms with Crippen molar-refractivity contribution in [2.75, 3.05) is 46.3 Å². The zero-order valence-electron chi connectivity index (χ0n) is 13.6. The van der Waals surface area contributed by atoms with E-state index in [-0.39, 0.29) is 0 Å². The molecule has 0 atom stereocenters. The van der Waals surface area contributed by atoms with Crippen LogP contribution in [0.2, 0.25) is 0 Å². The second-order valence-corrected chi connectivity index (χ2v) is 6.74. The van der Waals surface area contributed by atoms with E-state index < -0.39 is 0 Å². The van der Waals surface area contributed by atoms with Crippen LogP contribution >= 0.6 is 0 Å². The van der Waals surface area contributed by atoms with Crippen molar-refractivity contribution in [3.05, 3.63) is 0 Å². The van der Waals surface area contributed by atoms with Gasteiger partial charge in [-0.3, -0.25) is 9.89 Å². The van der Waals surface area contributed by atoms with Crippen molar-refractivity contribution in [1.29, 1.82) is 0 Å². The number of guanidine groups is 1. The summed E-state index contributed by atoms with van der Waals surface area (Å²) in [6.07, 6.45) is 5.61. The van der Waals surface area contributed by atoms with E-state index in [1.54, 1.807) is 0 Å². The minimum atomic E-state index is 0.765. The highest BCUT2D eigenvalue weighted by molar-refractivity contribution is 5.79. The molecule has 4 heteroatoms. The third-order valence-electron chi connectivity index (χ3n) is 4.28. The SMILES string of the molecule is CN=C(NCCCC1CC1)N1CCN(CC(C)C)CC1. The first-order chi connectivity index (χ1) is 9.69. The molecule has 0 unspecified atom stereocenters. The number of piperazine rings is 1. The highest BCUT2D eigenvalue weighted by Gasteiger charge is 2.21. The summed E-state index contributed by atoms with van der Waals surface area (Å²) in [6, 6.07) is 0. The summed E-state index contributed by atoms with van der Waals surface area (Å²) < 4.78 is 0. The van der Waals surface area contributed by atoms with E-state index in [1.165, 1.54) is 45.3 Å². The quantitative estimate of drug-likeness (QED) is 0.459. The van der Waals surface area contributed by atoms with Crippen molar-refractivity contribution in [2.24, 2.45) is 16.8 Å². The first-order valence-corrected chi connectivity index (χ1v) is 8.37. The number of nitrogens with one attached hydrogen (secondary N) is 1. The summed E-state index contributed by atoms with van der Waals surface area (Å²) in [5.74, 6) is 2.91. The van der Waals surface area contributed by atoms with Crippen molar-refractivity contribution in [2.45, 2.75) is 39.5 Å². The topological polar surface area (TPSA) is 30.9 Å². The Labute approximate surface area is 124 Å². The van der Waals surface area contributed by atoms with Gasteiger partial charge in [0.25, 0.3) is 0 Å². The molecular weight excluding hydrogens is 248 g/mol. The Morgan fingerprint density at radius 3 is 2.45 bits per heavy atom. The number of nitrogens with zero attached hydrogens (tertiary/aromatic N) is 3. The van der Waals surface area contributed by atoms with Crippen molar-refractivity contribution in [3.63, 3.8) is 0 Å². The highest BCUT2D eigenvalue weighted by Crippen LogP contribution is 2.33. The minimum absolute atomic E-state index is 0.765. The van der Waals surface area contributed by atoms with Gasteiger partial charge in [0.2, 0.25) is 0 Å². The van der Waals surface area contributed by atoms with Crippen LogP contribution in [0.3, 0.4) is 0 Å². The molecule has 116 valence electrons. The van der Waals surface area contributed by atoms with Crippen LogP contribution in [0, 0.1) is 11.8 Å². The molecule has 0 aromatic heterocycles. The second kappa shape index (κ2) is 7.87. The van der Waals surface area contributed by atoms with Gasteiger partial charge in [0.15, 0.2) is 5.96 Å². The van der Waals surface area contributed by atoms with E-state index in [4.69, 9.17) is 0 Å². The van der Waals surface area contributed by atoms with Crippen LogP contribution in [-0.2, 0) is 0 Å². The summed E-state index contributed by atoms with van der Waals surface area (Å²) in [4.78, 5) is 9.42. The third-order valence-corrected chi connectivity index (χ3v) is 4.28. The van der Waals surface area contributed by atoms with Crippen LogP contribution in [0.4, 0.5) is 0 Å². The van der Waals surface area contributed by atoms with E-state index >= 15 is 0 Å². The maximum atomic E-state index is 4.44. The van der Waals surface area contributed by atoms with Crippen molar-refractivity contribution < 1.29 is 0 Å². The summed E-state index contributed by atoms with van der Waals surface area (Å²) >= 11 is 0. The fourth-order valence-electron chi connectivity index (χ4n) is 2.99. The van der Waals surface area contributed by atoms with E-state index in [0.717, 1.165) is 37.4 Å². The van der Waals surface area contributed by atoms with Crippen LogP contribution in [0.25, 0.3) is 0 Å². The molecular formula is C16H32N4. The van der Waals surface area contributed by atoms with Gasteiger partial charge in [-0.15, -0.1) is 0 Å². The molecule has 1 saturated carbocycles. The molecule has 0 aromatic carbocycles. The van der Waals surface area contributed by atoms with Crippen LogP contribution in [0.1, 0.15) is 39.5 Å². The Bertz CT molecular complexity index is 302. The molecule has 0 aromatic rings. The molecule has 1 N–H and O–H groups in total. The van der Waals surface area contributed by atoms with Crippen LogP contribution in [0.5, 0.6) is 0 Å². The lowest BCUT2D eigenvalue weighted by atomic mass is 10.2. The molecule has 0 bridgehead atoms. The zero-order chi connectivity index (χ0) is 14.4.